The lowest BCUT2D eigenvalue weighted by molar-refractivity contribution is -0.142. The zero-order chi connectivity index (χ0) is 23.8. The number of carboxylic acids is 1. The van der Waals surface area contributed by atoms with Crippen molar-refractivity contribution in [1.82, 2.24) is 15.6 Å². The molecule has 1 heterocycles. The molecule has 0 fully saturated rings. The van der Waals surface area contributed by atoms with E-state index in [9.17, 15) is 19.5 Å². The predicted molar refractivity (Wildman–Crippen MR) is 125 cm³/mol. The van der Waals surface area contributed by atoms with Crippen LogP contribution in [0.3, 0.4) is 0 Å². The molecule has 0 aliphatic rings. The number of ether oxygens (including phenoxy) is 1. The lowest BCUT2D eigenvalue weighted by atomic mass is 9.97. The number of amides is 2. The Morgan fingerprint density at radius 3 is 2.42 bits per heavy atom. The minimum atomic E-state index is -1.15. The van der Waals surface area contributed by atoms with Crippen LogP contribution in [-0.4, -0.2) is 40.1 Å². The van der Waals surface area contributed by atoms with Gasteiger partial charge in [-0.15, -0.1) is 0 Å². The molecular weight excluding hydrogens is 422 g/mol. The molecule has 174 valence electrons. The van der Waals surface area contributed by atoms with Gasteiger partial charge in [-0.2, -0.15) is 0 Å². The second-order valence-electron chi connectivity index (χ2n) is 8.03. The van der Waals surface area contributed by atoms with Crippen LogP contribution >= 0.6 is 0 Å². The van der Waals surface area contributed by atoms with E-state index in [4.69, 9.17) is 4.74 Å². The first-order valence-electron chi connectivity index (χ1n) is 10.9. The van der Waals surface area contributed by atoms with E-state index < -0.39 is 30.1 Å². The summed E-state index contributed by atoms with van der Waals surface area (Å²) in [4.78, 5) is 40.4. The smallest absolute Gasteiger partial charge is 0.408 e. The number of carbonyl (C=O) groups is 3. The summed E-state index contributed by atoms with van der Waals surface area (Å²) in [5, 5.41) is 15.8. The van der Waals surface area contributed by atoms with Gasteiger partial charge in [-0.05, 0) is 23.1 Å². The number of carboxylic acid groups (broad SMARTS) is 1. The summed E-state index contributed by atoms with van der Waals surface area (Å²) in [5.74, 6) is -1.94. The second kappa shape index (κ2) is 11.2. The van der Waals surface area contributed by atoms with E-state index in [-0.39, 0.29) is 18.9 Å². The molecule has 3 aromatic rings. The monoisotopic (exact) mass is 451 g/mol. The van der Waals surface area contributed by atoms with E-state index in [1.807, 2.05) is 68.4 Å². The molecule has 0 radical (unpaired) electrons. The number of rotatable bonds is 10. The van der Waals surface area contributed by atoms with Crippen molar-refractivity contribution in [2.75, 3.05) is 0 Å². The van der Waals surface area contributed by atoms with Gasteiger partial charge in [-0.3, -0.25) is 4.79 Å². The van der Waals surface area contributed by atoms with Crippen molar-refractivity contribution in [1.29, 1.82) is 0 Å². The fourth-order valence-corrected chi connectivity index (χ4v) is 3.58. The summed E-state index contributed by atoms with van der Waals surface area (Å²) in [6, 6.07) is 14.7. The summed E-state index contributed by atoms with van der Waals surface area (Å²) >= 11 is 0. The molecule has 4 N–H and O–H groups in total. The summed E-state index contributed by atoms with van der Waals surface area (Å²) in [6.07, 6.45) is 1.73. The van der Waals surface area contributed by atoms with Crippen LogP contribution in [0.4, 0.5) is 4.79 Å². The van der Waals surface area contributed by atoms with Gasteiger partial charge in [0.15, 0.2) is 0 Å². The molecule has 0 aliphatic heterocycles. The first-order valence-corrected chi connectivity index (χ1v) is 10.9. The first kappa shape index (κ1) is 23.8. The van der Waals surface area contributed by atoms with E-state index in [0.717, 1.165) is 22.0 Å². The van der Waals surface area contributed by atoms with Crippen molar-refractivity contribution in [2.45, 2.75) is 45.4 Å². The maximum absolute atomic E-state index is 13.0. The molecule has 33 heavy (non-hydrogen) atoms. The third-order valence-corrected chi connectivity index (χ3v) is 5.70. The quantitative estimate of drug-likeness (QED) is 0.375. The summed E-state index contributed by atoms with van der Waals surface area (Å²) < 4.78 is 5.24. The number of fused-ring (bicyclic) bond motifs is 1. The van der Waals surface area contributed by atoms with Crippen LogP contribution in [0.15, 0.2) is 60.8 Å². The summed E-state index contributed by atoms with van der Waals surface area (Å²) in [5.41, 5.74) is 2.50. The van der Waals surface area contributed by atoms with Gasteiger partial charge in [-0.25, -0.2) is 9.59 Å². The van der Waals surface area contributed by atoms with Gasteiger partial charge in [-0.1, -0.05) is 68.8 Å². The first-order chi connectivity index (χ1) is 15.9. The number of hydrogen-bond acceptors (Lipinski definition) is 4. The number of hydrogen-bond donors (Lipinski definition) is 4. The zero-order valence-electron chi connectivity index (χ0n) is 18.7. The molecule has 0 bridgehead atoms. The van der Waals surface area contributed by atoms with Crippen molar-refractivity contribution in [3.05, 3.63) is 71.9 Å². The number of alkyl carbamates (subject to hydrolysis) is 1. The topological polar surface area (TPSA) is 121 Å². The number of carbonyl (C=O) groups excluding carboxylic acids is 2. The highest BCUT2D eigenvalue weighted by molar-refractivity contribution is 5.90. The lowest BCUT2D eigenvalue weighted by Gasteiger charge is -2.25. The highest BCUT2D eigenvalue weighted by atomic mass is 16.5. The van der Waals surface area contributed by atoms with Gasteiger partial charge in [0.05, 0.1) is 0 Å². The number of aromatic nitrogens is 1. The minimum Gasteiger partial charge on any atom is -0.480 e. The Hall–Kier alpha value is -3.81. The molecule has 1 aromatic heterocycles. The van der Waals surface area contributed by atoms with Crippen LogP contribution in [0.25, 0.3) is 10.9 Å². The number of aromatic amines is 1. The third kappa shape index (κ3) is 6.35. The zero-order valence-corrected chi connectivity index (χ0v) is 18.7. The van der Waals surface area contributed by atoms with Gasteiger partial charge in [0.2, 0.25) is 5.91 Å². The number of nitrogens with one attached hydrogen (secondary N) is 3. The molecule has 8 heteroatoms. The van der Waals surface area contributed by atoms with Gasteiger partial charge in [0.1, 0.15) is 18.7 Å². The van der Waals surface area contributed by atoms with Gasteiger partial charge >= 0.3 is 12.1 Å². The Bertz CT molecular complexity index is 1100. The molecule has 3 rings (SSSR count). The van der Waals surface area contributed by atoms with Crippen molar-refractivity contribution in [3.8, 4) is 0 Å². The summed E-state index contributed by atoms with van der Waals surface area (Å²) in [7, 11) is 0. The normalized spacial score (nSPS) is 13.6. The number of aliphatic carboxylic acids is 1. The predicted octanol–water partition coefficient (Wildman–Crippen LogP) is 3.62. The molecule has 3 atom stereocenters. The molecule has 2 aromatic carbocycles. The molecule has 0 unspecified atom stereocenters. The highest BCUT2D eigenvalue weighted by Crippen LogP contribution is 2.19. The Morgan fingerprint density at radius 1 is 1.03 bits per heavy atom. The molecule has 0 spiro atoms. The van der Waals surface area contributed by atoms with Gasteiger partial charge in [0.25, 0.3) is 0 Å². The number of H-pyrrole nitrogens is 1. The Labute approximate surface area is 192 Å². The van der Waals surface area contributed by atoms with Crippen LogP contribution in [-0.2, 0) is 27.4 Å². The average Bonchev–Trinajstić information content (AvgIpc) is 3.23. The second-order valence-corrected chi connectivity index (χ2v) is 8.03. The third-order valence-electron chi connectivity index (χ3n) is 5.70. The van der Waals surface area contributed by atoms with Crippen LogP contribution in [0.1, 0.15) is 31.4 Å². The van der Waals surface area contributed by atoms with Crippen molar-refractivity contribution >= 4 is 28.9 Å². The maximum atomic E-state index is 13.0. The van der Waals surface area contributed by atoms with Crippen LogP contribution in [0, 0.1) is 5.92 Å². The molecule has 0 aliphatic carbocycles. The standard InChI is InChI=1S/C25H29N3O5/c1-3-16(2)22(28-25(32)33-15-17-9-5-4-6-10-17)23(29)27-21(24(30)31)13-18-14-26-20-12-8-7-11-19(18)20/h4-12,14,16,21-22,26H,3,13,15H2,1-2H3,(H,27,29)(H,28,32)(H,30,31)/t16-,21+,22-/m1/s1. The molecule has 2 amide bonds. The number of benzene rings is 2. The van der Waals surface area contributed by atoms with E-state index in [0.29, 0.717) is 6.42 Å². The molecular formula is C25H29N3O5. The van der Waals surface area contributed by atoms with E-state index in [1.165, 1.54) is 0 Å². The van der Waals surface area contributed by atoms with Crippen molar-refractivity contribution in [3.63, 3.8) is 0 Å². The fraction of sp³-hybridized carbons (Fsp3) is 0.320. The maximum Gasteiger partial charge on any atom is 0.408 e. The fourth-order valence-electron chi connectivity index (χ4n) is 3.58. The van der Waals surface area contributed by atoms with Gasteiger partial charge in [0, 0.05) is 23.5 Å². The summed E-state index contributed by atoms with van der Waals surface area (Å²) in [6.45, 7) is 3.78. The van der Waals surface area contributed by atoms with Crippen LogP contribution in [0.2, 0.25) is 0 Å². The van der Waals surface area contributed by atoms with E-state index in [1.54, 1.807) is 6.20 Å². The highest BCUT2D eigenvalue weighted by Gasteiger charge is 2.30. The van der Waals surface area contributed by atoms with Gasteiger partial charge < -0.3 is 25.5 Å². The molecule has 0 saturated carbocycles. The van der Waals surface area contributed by atoms with Crippen molar-refractivity contribution in [2.24, 2.45) is 5.92 Å². The lowest BCUT2D eigenvalue weighted by Crippen LogP contribution is -2.54. The Kier molecular flexibility index (Phi) is 8.07. The molecule has 8 nitrogen and oxygen atoms in total. The SMILES string of the molecule is CC[C@@H](C)[C@@H](NC(=O)OCc1ccccc1)C(=O)N[C@@H](Cc1c[nH]c2ccccc12)C(=O)O. The molecule has 0 saturated heterocycles. The van der Waals surface area contributed by atoms with E-state index in [2.05, 4.69) is 15.6 Å². The Morgan fingerprint density at radius 2 is 1.73 bits per heavy atom. The van der Waals surface area contributed by atoms with E-state index >= 15 is 0 Å². The van der Waals surface area contributed by atoms with Crippen molar-refractivity contribution < 1.29 is 24.2 Å². The number of para-hydroxylation sites is 1. The van der Waals surface area contributed by atoms with Crippen LogP contribution < -0.4 is 10.6 Å². The Balaban J connectivity index is 1.66. The van der Waals surface area contributed by atoms with Crippen LogP contribution in [0.5, 0.6) is 0 Å². The minimum absolute atomic E-state index is 0.0693. The average molecular weight is 452 g/mol. The largest absolute Gasteiger partial charge is 0.480 e.